The van der Waals surface area contributed by atoms with Crippen molar-refractivity contribution in [2.45, 2.75) is 44.7 Å². The Labute approximate surface area is 157 Å². The van der Waals surface area contributed by atoms with Gasteiger partial charge in [0.2, 0.25) is 0 Å². The van der Waals surface area contributed by atoms with Gasteiger partial charge in [0.05, 0.1) is 0 Å². The average Bonchev–Trinajstić information content (AvgIpc) is 2.80. The van der Waals surface area contributed by atoms with E-state index in [-0.39, 0.29) is 3.17 Å². The molecular weight excluding hydrogens is 461 g/mol. The van der Waals surface area contributed by atoms with E-state index >= 15 is 0 Å². The summed E-state index contributed by atoms with van der Waals surface area (Å²) in [7, 11) is 13.9. The summed E-state index contributed by atoms with van der Waals surface area (Å²) in [6, 6.07) is 0. The maximum atomic E-state index is 2.68. The second-order valence-electron chi connectivity index (χ2n) is 8.90. The van der Waals surface area contributed by atoms with Crippen LogP contribution in [0.25, 0.3) is 0 Å². The Kier molecular flexibility index (Phi) is 7.29. The Hall–Kier alpha value is 0.230. The Morgan fingerprint density at radius 3 is 1.42 bits per heavy atom. The van der Waals surface area contributed by atoms with Gasteiger partial charge >= 0.3 is 158 Å². The van der Waals surface area contributed by atoms with Crippen LogP contribution in [0.5, 0.6) is 0 Å². The summed E-state index contributed by atoms with van der Waals surface area (Å²) in [6.45, 7) is 14.3. The molecule has 1 unspecified atom stereocenters. The summed E-state index contributed by atoms with van der Waals surface area (Å²) in [4.78, 5) is 0. The molecule has 0 aromatic heterocycles. The van der Waals surface area contributed by atoms with Crippen LogP contribution in [-0.2, 0) is 20.8 Å². The Morgan fingerprint density at radius 2 is 1.17 bits per heavy atom. The third-order valence-electron chi connectivity index (χ3n) is 5.82. The summed E-state index contributed by atoms with van der Waals surface area (Å²) < 4.78 is 8.01. The van der Waals surface area contributed by atoms with E-state index in [4.69, 9.17) is 0 Å². The fourth-order valence-electron chi connectivity index (χ4n) is 5.15. The van der Waals surface area contributed by atoms with Gasteiger partial charge in [-0.2, -0.15) is 0 Å². The summed E-state index contributed by atoms with van der Waals surface area (Å²) in [6.07, 6.45) is 5.22. The van der Waals surface area contributed by atoms with Crippen LogP contribution in [0.3, 0.4) is 0 Å². The number of rotatable bonds is 7. The molecule has 0 saturated heterocycles. The van der Waals surface area contributed by atoms with E-state index in [0.717, 1.165) is 0 Å². The first-order valence-corrected chi connectivity index (χ1v) is 16.0. The zero-order valence-electron chi connectivity index (χ0n) is 18.2. The monoisotopic (exact) mass is 503 g/mol. The van der Waals surface area contributed by atoms with Crippen LogP contribution in [0.2, 0.25) is 3.17 Å². The quantitative estimate of drug-likeness (QED) is 0.473. The summed E-state index contributed by atoms with van der Waals surface area (Å²) in [5.41, 5.74) is 3.18. The van der Waals surface area contributed by atoms with Crippen molar-refractivity contribution in [2.75, 3.05) is 42.3 Å². The van der Waals surface area contributed by atoms with Crippen LogP contribution in [0.1, 0.15) is 41.5 Å². The minimum atomic E-state index is -3.33. The molecular formula is C20H41HfN3. The van der Waals surface area contributed by atoms with E-state index in [0.29, 0.717) is 17.8 Å². The van der Waals surface area contributed by atoms with Gasteiger partial charge in [0.25, 0.3) is 0 Å². The maximum absolute atomic E-state index is 3.33. The van der Waals surface area contributed by atoms with Crippen molar-refractivity contribution in [1.82, 2.24) is 8.66 Å². The molecule has 0 heterocycles. The van der Waals surface area contributed by atoms with Crippen LogP contribution in [0, 0.1) is 17.8 Å². The van der Waals surface area contributed by atoms with E-state index in [2.05, 4.69) is 105 Å². The summed E-state index contributed by atoms with van der Waals surface area (Å²) in [5.74, 6) is 1.73. The van der Waals surface area contributed by atoms with Gasteiger partial charge in [-0.1, -0.05) is 0 Å². The fourth-order valence-corrected chi connectivity index (χ4v) is 28.5. The molecule has 140 valence electrons. The van der Waals surface area contributed by atoms with E-state index in [1.54, 1.807) is 5.57 Å². The zero-order chi connectivity index (χ0) is 19.0. The molecule has 0 aliphatic heterocycles. The van der Waals surface area contributed by atoms with Crippen molar-refractivity contribution in [2.24, 2.45) is 17.8 Å². The van der Waals surface area contributed by atoms with Crippen LogP contribution in [-0.4, -0.2) is 50.9 Å². The molecule has 0 aromatic rings. The molecule has 1 aliphatic carbocycles. The first-order chi connectivity index (χ1) is 10.9. The van der Waals surface area contributed by atoms with Crippen molar-refractivity contribution < 1.29 is 20.8 Å². The molecule has 0 bridgehead atoms. The first-order valence-electron chi connectivity index (χ1n) is 9.34. The van der Waals surface area contributed by atoms with Gasteiger partial charge < -0.3 is 0 Å². The number of hydrogen-bond donors (Lipinski definition) is 0. The van der Waals surface area contributed by atoms with Gasteiger partial charge in [-0.25, -0.2) is 0 Å². The zero-order valence-corrected chi connectivity index (χ0v) is 21.8. The van der Waals surface area contributed by atoms with Crippen LogP contribution in [0.15, 0.2) is 23.3 Å². The van der Waals surface area contributed by atoms with Crippen LogP contribution < -0.4 is 0 Å². The van der Waals surface area contributed by atoms with E-state index in [1.807, 2.05) is 0 Å². The van der Waals surface area contributed by atoms with Gasteiger partial charge in [-0.3, -0.25) is 0 Å². The molecule has 0 radical (unpaired) electrons. The second kappa shape index (κ2) is 7.85. The molecule has 1 rings (SSSR count). The van der Waals surface area contributed by atoms with Crippen molar-refractivity contribution in [1.29, 1.82) is 0 Å². The fraction of sp³-hybridized carbons (Fsp3) is 0.800. The number of hydrogen-bond acceptors (Lipinski definition) is 3. The molecule has 3 nitrogen and oxygen atoms in total. The predicted molar refractivity (Wildman–Crippen MR) is 104 cm³/mol. The number of nitrogens with zero attached hydrogens (tertiary/aromatic N) is 3. The van der Waals surface area contributed by atoms with E-state index in [1.165, 1.54) is 5.57 Å². The van der Waals surface area contributed by atoms with Crippen LogP contribution >= 0.6 is 0 Å². The van der Waals surface area contributed by atoms with E-state index < -0.39 is 20.8 Å². The van der Waals surface area contributed by atoms with Gasteiger partial charge in [-0.05, 0) is 0 Å². The van der Waals surface area contributed by atoms with Crippen molar-refractivity contribution >= 4 is 0 Å². The molecule has 0 amide bonds. The van der Waals surface area contributed by atoms with Gasteiger partial charge in [0.15, 0.2) is 0 Å². The average molecular weight is 502 g/mol. The Morgan fingerprint density at radius 1 is 0.750 bits per heavy atom. The molecule has 1 atom stereocenters. The first kappa shape index (κ1) is 22.3. The summed E-state index contributed by atoms with van der Waals surface area (Å²) in [5, 5.41) is 0. The second-order valence-corrected chi connectivity index (χ2v) is 26.1. The molecule has 0 N–H and O–H groups in total. The molecule has 0 aromatic carbocycles. The molecule has 4 heteroatoms. The Bertz CT molecular complexity index is 479. The predicted octanol–water partition coefficient (Wildman–Crippen LogP) is 4.56. The van der Waals surface area contributed by atoms with E-state index in [9.17, 15) is 0 Å². The third kappa shape index (κ3) is 3.17. The topological polar surface area (TPSA) is 9.72 Å². The van der Waals surface area contributed by atoms with Crippen LogP contribution in [0.4, 0.5) is 0 Å². The van der Waals surface area contributed by atoms with Gasteiger partial charge in [0.1, 0.15) is 0 Å². The van der Waals surface area contributed by atoms with Crippen molar-refractivity contribution in [3.8, 4) is 0 Å². The standard InChI is InChI=1S/C14H23.3C2H6N.Hf/c1-9(2)12-7-13(10(3)4)14(8-12)11(5)6;3*1-3-2;/h7-11H,1-6H3;3*1-2H3;/q;3*-1;+3. The SMILES string of the molecule is CC(C)C1=C[C](C(C)C)([Hf]([N](C)C)([N](C)C)[N](C)C)C(C(C)C)=C1. The molecule has 0 saturated carbocycles. The number of allylic oxidation sites excluding steroid dienone is 4. The Balaban J connectivity index is 3.91. The molecule has 1 aliphatic rings. The summed E-state index contributed by atoms with van der Waals surface area (Å²) >= 11 is -3.33. The van der Waals surface area contributed by atoms with Gasteiger partial charge in [-0.15, -0.1) is 0 Å². The normalized spacial score (nSPS) is 22.6. The van der Waals surface area contributed by atoms with Crippen molar-refractivity contribution in [3.63, 3.8) is 0 Å². The minimum absolute atomic E-state index is 0.164. The third-order valence-corrected chi connectivity index (χ3v) is 26.9. The molecule has 0 spiro atoms. The van der Waals surface area contributed by atoms with Gasteiger partial charge in [0, 0.05) is 0 Å². The molecule has 24 heavy (non-hydrogen) atoms. The molecule has 0 fully saturated rings. The van der Waals surface area contributed by atoms with Crippen molar-refractivity contribution in [3.05, 3.63) is 23.3 Å².